The van der Waals surface area contributed by atoms with Gasteiger partial charge in [0, 0.05) is 46.5 Å². The lowest BCUT2D eigenvalue weighted by atomic mass is 9.95. The van der Waals surface area contributed by atoms with Crippen LogP contribution in [0.3, 0.4) is 0 Å². The van der Waals surface area contributed by atoms with E-state index in [-0.39, 0.29) is 17.4 Å². The van der Waals surface area contributed by atoms with E-state index in [0.717, 1.165) is 79.4 Å². The van der Waals surface area contributed by atoms with Gasteiger partial charge in [0.15, 0.2) is 5.82 Å². The van der Waals surface area contributed by atoms with Crippen LogP contribution < -0.4 is 15.0 Å². The second kappa shape index (κ2) is 9.54. The van der Waals surface area contributed by atoms with Gasteiger partial charge in [-0.05, 0) is 74.7 Å². The molecule has 2 atom stereocenters. The Bertz CT molecular complexity index is 1600. The highest BCUT2D eigenvalue weighted by Gasteiger charge is 2.45. The zero-order valence-corrected chi connectivity index (χ0v) is 23.3. The van der Waals surface area contributed by atoms with Crippen LogP contribution in [0.5, 0.6) is 6.01 Å². The number of hydrogen-bond donors (Lipinski definition) is 1. The van der Waals surface area contributed by atoms with E-state index in [0.29, 0.717) is 34.8 Å². The van der Waals surface area contributed by atoms with Crippen molar-refractivity contribution < 1.29 is 9.13 Å². The number of halogens is 2. The molecule has 3 aromatic carbocycles. The summed E-state index contributed by atoms with van der Waals surface area (Å²) in [5.74, 6) is 0.407. The molecule has 2 bridgehead atoms. The first kappa shape index (κ1) is 24.8. The largest absolute Gasteiger partial charge is 0.461 e. The Morgan fingerprint density at radius 1 is 0.950 bits per heavy atom. The average Bonchev–Trinajstić information content (AvgIpc) is 3.65. The molecule has 206 valence electrons. The van der Waals surface area contributed by atoms with Crippen LogP contribution in [0.15, 0.2) is 48.5 Å². The smallest absolute Gasteiger partial charge is 0.319 e. The van der Waals surface area contributed by atoms with E-state index >= 15 is 4.39 Å². The minimum Gasteiger partial charge on any atom is -0.461 e. The monoisotopic (exact) mass is 557 g/mol. The molecule has 0 saturated carbocycles. The summed E-state index contributed by atoms with van der Waals surface area (Å²) in [6.07, 6.45) is 6.98. The predicted molar refractivity (Wildman–Crippen MR) is 158 cm³/mol. The first-order valence-electron chi connectivity index (χ1n) is 14.6. The Kier molecular flexibility index (Phi) is 5.91. The summed E-state index contributed by atoms with van der Waals surface area (Å²) in [6, 6.07) is 16.6. The molecule has 5 heterocycles. The van der Waals surface area contributed by atoms with Gasteiger partial charge >= 0.3 is 6.01 Å². The lowest BCUT2D eigenvalue weighted by Gasteiger charge is -2.34. The third kappa shape index (κ3) is 3.97. The van der Waals surface area contributed by atoms with Crippen molar-refractivity contribution in [3.63, 3.8) is 0 Å². The van der Waals surface area contributed by atoms with E-state index in [1.54, 1.807) is 0 Å². The van der Waals surface area contributed by atoms with Crippen molar-refractivity contribution in [1.82, 2.24) is 20.2 Å². The first-order chi connectivity index (χ1) is 19.6. The topological polar surface area (TPSA) is 53.5 Å². The third-order valence-corrected chi connectivity index (χ3v) is 10.0. The fourth-order valence-electron chi connectivity index (χ4n) is 7.79. The van der Waals surface area contributed by atoms with Crippen molar-refractivity contribution in [3.05, 3.63) is 59.4 Å². The molecular weight excluding hydrogens is 525 g/mol. The summed E-state index contributed by atoms with van der Waals surface area (Å²) in [5.41, 5.74) is 1.61. The number of hydrogen-bond acceptors (Lipinski definition) is 6. The average molecular weight is 558 g/mol. The molecular formula is C32H33ClFN5O. The number of ether oxygens (including phenoxy) is 1. The maximum atomic E-state index is 16.6. The van der Waals surface area contributed by atoms with Crippen molar-refractivity contribution in [1.29, 1.82) is 0 Å². The van der Waals surface area contributed by atoms with Crippen LogP contribution in [0.1, 0.15) is 38.5 Å². The normalized spacial score (nSPS) is 23.8. The quantitative estimate of drug-likeness (QED) is 0.316. The molecule has 1 N–H and O–H groups in total. The lowest BCUT2D eigenvalue weighted by Crippen LogP contribution is -2.51. The maximum absolute atomic E-state index is 16.6. The van der Waals surface area contributed by atoms with Gasteiger partial charge in [-0.3, -0.25) is 4.90 Å². The van der Waals surface area contributed by atoms with Gasteiger partial charge in [-0.15, -0.1) is 0 Å². The number of nitrogens with one attached hydrogen (secondary N) is 1. The van der Waals surface area contributed by atoms with Gasteiger partial charge in [0.25, 0.3) is 0 Å². The molecule has 4 fully saturated rings. The Morgan fingerprint density at radius 2 is 1.70 bits per heavy atom. The van der Waals surface area contributed by atoms with E-state index in [1.165, 1.54) is 12.8 Å². The van der Waals surface area contributed by atoms with Crippen LogP contribution in [0.25, 0.3) is 32.8 Å². The number of anilines is 1. The van der Waals surface area contributed by atoms with Gasteiger partial charge in [0.05, 0.1) is 5.54 Å². The highest BCUT2D eigenvalue weighted by molar-refractivity contribution is 6.36. The fourth-order valence-corrected chi connectivity index (χ4v) is 8.07. The summed E-state index contributed by atoms with van der Waals surface area (Å²) in [6.45, 7) is 4.50. The molecule has 8 rings (SSSR count). The van der Waals surface area contributed by atoms with E-state index in [2.05, 4.69) is 15.1 Å². The van der Waals surface area contributed by atoms with Crippen LogP contribution in [-0.2, 0) is 0 Å². The summed E-state index contributed by atoms with van der Waals surface area (Å²) >= 11 is 6.63. The molecule has 0 unspecified atom stereocenters. The number of fused-ring (bicyclic) bond motifs is 5. The van der Waals surface area contributed by atoms with Crippen molar-refractivity contribution in [2.75, 3.05) is 37.7 Å². The van der Waals surface area contributed by atoms with Crippen LogP contribution in [-0.4, -0.2) is 65.3 Å². The Hall–Kier alpha value is -3.00. The molecule has 1 aromatic heterocycles. The second-order valence-corrected chi connectivity index (χ2v) is 12.5. The highest BCUT2D eigenvalue weighted by atomic mass is 35.5. The van der Waals surface area contributed by atoms with Crippen molar-refractivity contribution in [2.45, 2.75) is 56.1 Å². The number of benzene rings is 3. The van der Waals surface area contributed by atoms with Crippen molar-refractivity contribution >= 4 is 39.1 Å². The number of aromatic nitrogens is 2. The lowest BCUT2D eigenvalue weighted by molar-refractivity contribution is 0.108. The van der Waals surface area contributed by atoms with Gasteiger partial charge in [0.2, 0.25) is 0 Å². The van der Waals surface area contributed by atoms with Gasteiger partial charge in [-0.25, -0.2) is 4.39 Å². The van der Waals surface area contributed by atoms with E-state index in [1.807, 2.05) is 48.5 Å². The molecule has 4 aliphatic rings. The van der Waals surface area contributed by atoms with Gasteiger partial charge in [-0.2, -0.15) is 9.97 Å². The van der Waals surface area contributed by atoms with Crippen molar-refractivity contribution in [3.8, 4) is 17.1 Å². The molecule has 4 aromatic rings. The van der Waals surface area contributed by atoms with Crippen LogP contribution in [0.4, 0.5) is 10.2 Å². The standard InChI is InChI=1S/C32H33ClFN5O/c33-26-8-2-6-20-5-1-7-23(27(20)26)24-11-12-25-29(28(24)34)36-31(40-19-32-13-3-15-39(32)16-4-14-32)37-30(25)38-17-21-9-10-22(18-38)35-21/h1-2,5-8,11-12,21-22,35H,3-4,9-10,13-19H2/t21-,22+. The number of rotatable bonds is 5. The van der Waals surface area contributed by atoms with Crippen LogP contribution >= 0.6 is 11.6 Å². The summed E-state index contributed by atoms with van der Waals surface area (Å²) in [7, 11) is 0. The Labute approximate surface area is 238 Å². The molecule has 6 nitrogen and oxygen atoms in total. The summed E-state index contributed by atoms with van der Waals surface area (Å²) < 4.78 is 23.0. The SMILES string of the molecule is Fc1c(-c2cccc3cccc(Cl)c23)ccc2c(N3C[C@H]4CC[C@@H](C3)N4)nc(OCC34CCCN3CCC4)nc12. The minimum absolute atomic E-state index is 0.0622. The van der Waals surface area contributed by atoms with E-state index in [9.17, 15) is 0 Å². The van der Waals surface area contributed by atoms with Crippen LogP contribution in [0, 0.1) is 5.82 Å². The first-order valence-corrected chi connectivity index (χ1v) is 15.0. The second-order valence-electron chi connectivity index (χ2n) is 12.0. The molecule has 0 radical (unpaired) electrons. The Balaban J connectivity index is 1.25. The molecule has 40 heavy (non-hydrogen) atoms. The van der Waals surface area contributed by atoms with Gasteiger partial charge in [0.1, 0.15) is 17.9 Å². The van der Waals surface area contributed by atoms with Crippen LogP contribution in [0.2, 0.25) is 5.02 Å². The third-order valence-electron chi connectivity index (χ3n) is 9.71. The van der Waals surface area contributed by atoms with Crippen molar-refractivity contribution in [2.24, 2.45) is 0 Å². The number of nitrogens with zero attached hydrogens (tertiary/aromatic N) is 4. The summed E-state index contributed by atoms with van der Waals surface area (Å²) in [4.78, 5) is 14.6. The predicted octanol–water partition coefficient (Wildman–Crippen LogP) is 6.19. The maximum Gasteiger partial charge on any atom is 0.319 e. The Morgan fingerprint density at radius 3 is 2.48 bits per heavy atom. The molecule has 4 saturated heterocycles. The molecule has 0 amide bonds. The van der Waals surface area contributed by atoms with Gasteiger partial charge < -0.3 is 15.0 Å². The molecule has 0 aliphatic carbocycles. The fraction of sp³-hybridized carbons (Fsp3) is 0.438. The van der Waals surface area contributed by atoms with E-state index < -0.39 is 0 Å². The zero-order valence-electron chi connectivity index (χ0n) is 22.5. The molecule has 0 spiro atoms. The van der Waals surface area contributed by atoms with Gasteiger partial charge in [-0.1, -0.05) is 48.0 Å². The number of piperazine rings is 1. The zero-order chi connectivity index (χ0) is 26.8. The van der Waals surface area contributed by atoms with E-state index in [4.69, 9.17) is 26.3 Å². The molecule has 4 aliphatic heterocycles. The highest BCUT2D eigenvalue weighted by Crippen LogP contribution is 2.41. The summed E-state index contributed by atoms with van der Waals surface area (Å²) in [5, 5.41) is 6.85. The minimum atomic E-state index is -0.363. The molecule has 8 heteroatoms.